The average molecular weight is 791 g/mol. The summed E-state index contributed by atoms with van der Waals surface area (Å²) in [6.45, 7) is 11.6. The maximum atomic E-state index is 14.0. The topological polar surface area (TPSA) is 175 Å². The Morgan fingerprint density at radius 3 is 1.28 bits per heavy atom. The fraction of sp³-hybridized carbons (Fsp3) is 0.500. The highest BCUT2D eigenvalue weighted by atomic mass is 16.5. The van der Waals surface area contributed by atoms with E-state index in [4.69, 9.17) is 19.4 Å². The number of nitrogens with one attached hydrogen (secondary N) is 4. The van der Waals surface area contributed by atoms with Crippen molar-refractivity contribution in [3.8, 4) is 33.6 Å². The van der Waals surface area contributed by atoms with Crippen LogP contribution in [0.3, 0.4) is 0 Å². The van der Waals surface area contributed by atoms with Gasteiger partial charge in [0, 0.05) is 12.1 Å². The number of methoxy groups -OCH3 is 2. The van der Waals surface area contributed by atoms with Crippen LogP contribution in [0.1, 0.15) is 91.0 Å². The summed E-state index contributed by atoms with van der Waals surface area (Å²) in [4.78, 5) is 72.7. The number of nitrogens with zero attached hydrogens (tertiary/aromatic N) is 4. The number of aromatic nitrogens is 4. The number of hydrogen-bond acceptors (Lipinski definition) is 8. The van der Waals surface area contributed by atoms with Crippen molar-refractivity contribution in [2.75, 3.05) is 14.2 Å². The number of aromatic amines is 2. The summed E-state index contributed by atoms with van der Waals surface area (Å²) in [6.07, 6.45) is 6.01. The van der Waals surface area contributed by atoms with E-state index in [2.05, 4.69) is 69.1 Å². The molecule has 4 fully saturated rings. The SMILES string of the molecule is COC(=O)N[C@H](C(=O)N1[C@H](c2ncc(-c3ccc(-c4ccc(-c5cnc([C@@H]6C[C@@H]7C[C@@H]7N6C(=O)[C@@H](NC(=O)OC)C(C)(C)C)[nH]5)cc4)cc3)[nH]2)C[C@@H]2C[C@@H]21)C(C)(C)C. The van der Waals surface area contributed by atoms with E-state index in [0.717, 1.165) is 71.0 Å². The van der Waals surface area contributed by atoms with Crippen molar-refractivity contribution in [3.63, 3.8) is 0 Å². The molecule has 8 atom stereocenters. The molecule has 4 aromatic rings. The quantitative estimate of drug-likeness (QED) is 0.140. The van der Waals surface area contributed by atoms with Gasteiger partial charge in [0.15, 0.2) is 0 Å². The molecule has 0 bridgehead atoms. The first-order valence-corrected chi connectivity index (χ1v) is 20.2. The van der Waals surface area contributed by atoms with Crippen molar-refractivity contribution in [3.05, 3.63) is 72.6 Å². The first-order chi connectivity index (χ1) is 27.5. The zero-order chi connectivity index (χ0) is 41.3. The molecule has 0 spiro atoms. The smallest absolute Gasteiger partial charge is 0.407 e. The van der Waals surface area contributed by atoms with Crippen LogP contribution in [0.15, 0.2) is 60.9 Å². The summed E-state index contributed by atoms with van der Waals surface area (Å²) >= 11 is 0. The highest BCUT2D eigenvalue weighted by Crippen LogP contribution is 2.55. The Kier molecular flexibility index (Phi) is 9.87. The highest BCUT2D eigenvalue weighted by Gasteiger charge is 2.58. The molecule has 2 aromatic carbocycles. The van der Waals surface area contributed by atoms with Gasteiger partial charge in [-0.2, -0.15) is 0 Å². The summed E-state index contributed by atoms with van der Waals surface area (Å²) < 4.78 is 9.68. The zero-order valence-corrected chi connectivity index (χ0v) is 34.5. The number of carbonyl (C=O) groups excluding carboxylic acids is 4. The molecule has 14 heteroatoms. The molecule has 58 heavy (non-hydrogen) atoms. The van der Waals surface area contributed by atoms with E-state index in [1.807, 2.05) is 63.7 Å². The number of carbonyl (C=O) groups is 4. The van der Waals surface area contributed by atoms with Crippen molar-refractivity contribution in [2.24, 2.45) is 22.7 Å². The van der Waals surface area contributed by atoms with Crippen molar-refractivity contribution < 1.29 is 28.7 Å². The number of hydrogen-bond donors (Lipinski definition) is 4. The van der Waals surface area contributed by atoms with Crippen molar-refractivity contribution in [1.82, 2.24) is 40.4 Å². The number of imidazole rings is 2. The number of fused-ring (bicyclic) bond motifs is 2. The standard InChI is InChI=1S/C44H54N8O6/c1-43(2,3)35(49-41(55)57-7)39(53)51-31-17-27(31)19-33(51)37-45-21-29(47-37)25-13-9-23(10-14-25)24-11-15-26(16-12-24)30-22-46-38(48-30)34-20-28-18-32(28)52(34)40(54)36(44(4,5)6)50-42(56)58-8/h9-16,21-22,27-28,31-36H,17-20H2,1-8H3,(H,45,47)(H,46,48)(H,49,55)(H,50,56)/t27-,28-,31-,32-,33-,34-,35+,36+/m0/s1. The molecule has 0 unspecified atom stereocenters. The van der Waals surface area contributed by atoms with Crippen LogP contribution >= 0.6 is 0 Å². The van der Waals surface area contributed by atoms with Gasteiger partial charge in [0.1, 0.15) is 23.7 Å². The Hall–Kier alpha value is -5.66. The van der Waals surface area contributed by atoms with Crippen LogP contribution in [0.4, 0.5) is 9.59 Å². The largest absolute Gasteiger partial charge is 0.453 e. The van der Waals surface area contributed by atoms with Crippen molar-refractivity contribution >= 4 is 24.0 Å². The van der Waals surface area contributed by atoms with Crippen LogP contribution in [0, 0.1) is 22.7 Å². The molecule has 4 N–H and O–H groups in total. The molecule has 2 aliphatic heterocycles. The van der Waals surface area contributed by atoms with Crippen molar-refractivity contribution in [2.45, 2.75) is 103 Å². The number of piperidine rings is 2. The van der Waals surface area contributed by atoms with Gasteiger partial charge in [-0.05, 0) is 70.6 Å². The third-order valence-electron chi connectivity index (χ3n) is 12.4. The summed E-state index contributed by atoms with van der Waals surface area (Å²) in [5.74, 6) is 2.14. The van der Waals surface area contributed by atoms with Crippen LogP contribution in [-0.2, 0) is 19.1 Å². The molecule has 4 aliphatic rings. The number of likely N-dealkylation sites (tertiary alicyclic amines) is 2. The van der Waals surface area contributed by atoms with E-state index < -0.39 is 35.1 Å². The van der Waals surface area contributed by atoms with E-state index in [-0.39, 0.29) is 36.0 Å². The fourth-order valence-electron chi connectivity index (χ4n) is 8.97. The molecular formula is C44H54N8O6. The van der Waals surface area contributed by atoms with Crippen LogP contribution in [0.25, 0.3) is 33.6 Å². The average Bonchev–Trinajstić information content (AvgIpc) is 3.78. The van der Waals surface area contributed by atoms with E-state index in [9.17, 15) is 19.2 Å². The molecule has 2 saturated carbocycles. The van der Waals surface area contributed by atoms with Gasteiger partial charge < -0.3 is 39.9 Å². The lowest BCUT2D eigenvalue weighted by atomic mass is 9.85. The van der Waals surface area contributed by atoms with Gasteiger partial charge in [-0.25, -0.2) is 19.6 Å². The lowest BCUT2D eigenvalue weighted by Crippen LogP contribution is -2.55. The third-order valence-corrected chi connectivity index (χ3v) is 12.4. The second-order valence-electron chi connectivity index (χ2n) is 18.5. The number of benzene rings is 2. The number of rotatable bonds is 9. The Labute approximate surface area is 338 Å². The van der Waals surface area contributed by atoms with Gasteiger partial charge in [0.05, 0.1) is 50.1 Å². The highest BCUT2D eigenvalue weighted by molar-refractivity contribution is 5.88. The number of ether oxygens (including phenoxy) is 2. The predicted octanol–water partition coefficient (Wildman–Crippen LogP) is 7.00. The van der Waals surface area contributed by atoms with Gasteiger partial charge in [0.25, 0.3) is 0 Å². The Morgan fingerprint density at radius 2 is 0.948 bits per heavy atom. The summed E-state index contributed by atoms with van der Waals surface area (Å²) in [6, 6.07) is 15.1. The van der Waals surface area contributed by atoms with Gasteiger partial charge in [-0.15, -0.1) is 0 Å². The summed E-state index contributed by atoms with van der Waals surface area (Å²) in [5, 5.41) is 5.55. The molecule has 0 radical (unpaired) electrons. The van der Waals surface area contributed by atoms with E-state index >= 15 is 0 Å². The Bertz CT molecular complexity index is 2040. The minimum atomic E-state index is -0.730. The molecule has 4 heterocycles. The Balaban J connectivity index is 0.938. The fourth-order valence-corrected chi connectivity index (χ4v) is 8.97. The Morgan fingerprint density at radius 1 is 0.603 bits per heavy atom. The first-order valence-electron chi connectivity index (χ1n) is 20.2. The summed E-state index contributed by atoms with van der Waals surface area (Å²) in [5.41, 5.74) is 4.81. The van der Waals surface area contributed by atoms with Crippen LogP contribution < -0.4 is 10.6 Å². The minimum Gasteiger partial charge on any atom is -0.453 e. The first kappa shape index (κ1) is 39.2. The van der Waals surface area contributed by atoms with Gasteiger partial charge in [0.2, 0.25) is 11.8 Å². The number of amides is 4. The predicted molar refractivity (Wildman–Crippen MR) is 217 cm³/mol. The molecule has 306 valence electrons. The lowest BCUT2D eigenvalue weighted by molar-refractivity contribution is -0.139. The van der Waals surface area contributed by atoms with Crippen LogP contribution in [0.2, 0.25) is 0 Å². The van der Waals surface area contributed by atoms with E-state index in [1.165, 1.54) is 14.2 Å². The van der Waals surface area contributed by atoms with E-state index in [0.29, 0.717) is 11.8 Å². The second-order valence-corrected chi connectivity index (χ2v) is 18.5. The number of H-pyrrole nitrogens is 2. The van der Waals surface area contributed by atoms with Crippen molar-refractivity contribution in [1.29, 1.82) is 0 Å². The number of alkyl carbamates (subject to hydrolysis) is 2. The normalized spacial score (nSPS) is 24.3. The molecule has 2 saturated heterocycles. The molecular weight excluding hydrogens is 737 g/mol. The van der Waals surface area contributed by atoms with Gasteiger partial charge >= 0.3 is 12.2 Å². The maximum absolute atomic E-state index is 14.0. The molecule has 2 aliphatic carbocycles. The minimum absolute atomic E-state index is 0.112. The molecule has 8 rings (SSSR count). The maximum Gasteiger partial charge on any atom is 0.407 e. The molecule has 4 amide bonds. The third kappa shape index (κ3) is 7.44. The van der Waals surface area contributed by atoms with Crippen LogP contribution in [-0.4, -0.2) is 92.1 Å². The summed E-state index contributed by atoms with van der Waals surface area (Å²) in [7, 11) is 2.61. The lowest BCUT2D eigenvalue weighted by Gasteiger charge is -2.36. The molecule has 14 nitrogen and oxygen atoms in total. The zero-order valence-electron chi connectivity index (χ0n) is 34.5. The molecule has 2 aromatic heterocycles. The van der Waals surface area contributed by atoms with Gasteiger partial charge in [-0.3, -0.25) is 9.59 Å². The van der Waals surface area contributed by atoms with Crippen LogP contribution in [0.5, 0.6) is 0 Å². The van der Waals surface area contributed by atoms with Gasteiger partial charge in [-0.1, -0.05) is 90.1 Å². The second kappa shape index (κ2) is 14.6. The van der Waals surface area contributed by atoms with E-state index in [1.54, 1.807) is 0 Å². The monoisotopic (exact) mass is 790 g/mol.